The van der Waals surface area contributed by atoms with Gasteiger partial charge in [-0.25, -0.2) is 4.98 Å². The van der Waals surface area contributed by atoms with Crippen molar-refractivity contribution in [3.63, 3.8) is 0 Å². The van der Waals surface area contributed by atoms with E-state index in [4.69, 9.17) is 0 Å². The molecule has 1 aromatic carbocycles. The number of carbonyl (C=O) groups is 1. The molecular weight excluding hydrogens is 372 g/mol. The molecule has 1 N–H and O–H groups in total. The Hall–Kier alpha value is -1.77. The first-order valence-corrected chi connectivity index (χ1v) is 10.6. The Morgan fingerprint density at radius 3 is 2.84 bits per heavy atom. The Kier molecular flexibility index (Phi) is 6.55. The van der Waals surface area contributed by atoms with Gasteiger partial charge in [-0.3, -0.25) is 4.79 Å². The third-order valence-electron chi connectivity index (χ3n) is 3.32. The molecule has 5 nitrogen and oxygen atoms in total. The van der Waals surface area contributed by atoms with Crippen LogP contribution in [0.2, 0.25) is 0 Å². The predicted octanol–water partition coefficient (Wildman–Crippen LogP) is 3.81. The van der Waals surface area contributed by atoms with Gasteiger partial charge in [0.15, 0.2) is 4.34 Å². The number of amides is 1. The smallest absolute Gasteiger partial charge is 0.270 e. The number of nitrogens with zero attached hydrogens (tertiary/aromatic N) is 3. The summed E-state index contributed by atoms with van der Waals surface area (Å²) >= 11 is 4.80. The molecule has 1 amide bonds. The Morgan fingerprint density at radius 1 is 1.24 bits per heavy atom. The summed E-state index contributed by atoms with van der Waals surface area (Å²) in [6.45, 7) is 2.58. The number of hydrogen-bond donors (Lipinski definition) is 1. The van der Waals surface area contributed by atoms with E-state index in [0.29, 0.717) is 12.2 Å². The van der Waals surface area contributed by atoms with Crippen molar-refractivity contribution < 1.29 is 4.79 Å². The molecule has 2 aromatic heterocycles. The van der Waals surface area contributed by atoms with Crippen molar-refractivity contribution in [2.75, 3.05) is 12.3 Å². The van der Waals surface area contributed by atoms with E-state index in [1.807, 2.05) is 30.5 Å². The average molecular weight is 391 g/mol. The molecule has 8 heteroatoms. The fraction of sp³-hybridized carbons (Fsp3) is 0.294. The number of thiazole rings is 1. The number of aromatic nitrogens is 3. The van der Waals surface area contributed by atoms with Crippen LogP contribution < -0.4 is 5.32 Å². The molecule has 0 fully saturated rings. The zero-order valence-electron chi connectivity index (χ0n) is 13.8. The summed E-state index contributed by atoms with van der Waals surface area (Å²) in [4.78, 5) is 16.6. The zero-order valence-corrected chi connectivity index (χ0v) is 16.2. The molecule has 0 bridgehead atoms. The van der Waals surface area contributed by atoms with Gasteiger partial charge in [-0.05, 0) is 18.9 Å². The summed E-state index contributed by atoms with van der Waals surface area (Å²) in [5.74, 6) is 0.804. The summed E-state index contributed by atoms with van der Waals surface area (Å²) in [5, 5.41) is 14.7. The van der Waals surface area contributed by atoms with E-state index < -0.39 is 0 Å². The highest BCUT2D eigenvalue weighted by Gasteiger charge is 2.10. The van der Waals surface area contributed by atoms with Gasteiger partial charge in [0.2, 0.25) is 0 Å². The highest BCUT2D eigenvalue weighted by atomic mass is 32.2. The van der Waals surface area contributed by atoms with Crippen LogP contribution in [-0.2, 0) is 6.42 Å². The van der Waals surface area contributed by atoms with Crippen molar-refractivity contribution in [2.45, 2.75) is 24.1 Å². The van der Waals surface area contributed by atoms with E-state index in [1.54, 1.807) is 23.1 Å². The number of benzene rings is 1. The lowest BCUT2D eigenvalue weighted by molar-refractivity contribution is 0.0949. The lowest BCUT2D eigenvalue weighted by Crippen LogP contribution is -2.25. The Morgan fingerprint density at radius 2 is 2.08 bits per heavy atom. The maximum absolute atomic E-state index is 12.2. The van der Waals surface area contributed by atoms with Gasteiger partial charge in [0, 0.05) is 24.1 Å². The Bertz CT molecular complexity index is 816. The Labute approximate surface area is 158 Å². The van der Waals surface area contributed by atoms with Crippen LogP contribution in [0.4, 0.5) is 0 Å². The first-order chi connectivity index (χ1) is 12.2. The molecule has 25 heavy (non-hydrogen) atoms. The molecule has 2 heterocycles. The van der Waals surface area contributed by atoms with Crippen LogP contribution in [0.3, 0.4) is 0 Å². The number of nitrogens with one attached hydrogen (secondary N) is 1. The van der Waals surface area contributed by atoms with Crippen molar-refractivity contribution in [1.82, 2.24) is 20.5 Å². The van der Waals surface area contributed by atoms with E-state index in [0.717, 1.165) is 32.9 Å². The van der Waals surface area contributed by atoms with Gasteiger partial charge >= 0.3 is 0 Å². The lowest BCUT2D eigenvalue weighted by atomic mass is 10.2. The highest BCUT2D eigenvalue weighted by molar-refractivity contribution is 8.01. The van der Waals surface area contributed by atoms with Crippen LogP contribution >= 0.6 is 34.4 Å². The van der Waals surface area contributed by atoms with Gasteiger partial charge in [0.05, 0.1) is 5.01 Å². The maximum atomic E-state index is 12.2. The van der Waals surface area contributed by atoms with Crippen LogP contribution in [0.1, 0.15) is 32.5 Å². The second-order valence-electron chi connectivity index (χ2n) is 5.33. The van der Waals surface area contributed by atoms with Crippen molar-refractivity contribution in [3.8, 4) is 0 Å². The van der Waals surface area contributed by atoms with E-state index in [2.05, 4.69) is 32.6 Å². The van der Waals surface area contributed by atoms with Gasteiger partial charge in [0.1, 0.15) is 10.7 Å². The molecule has 0 aliphatic heterocycles. The lowest BCUT2D eigenvalue weighted by Gasteiger charge is -2.02. The van der Waals surface area contributed by atoms with Crippen molar-refractivity contribution in [1.29, 1.82) is 0 Å². The Balaban J connectivity index is 1.39. The minimum Gasteiger partial charge on any atom is -0.351 e. The van der Waals surface area contributed by atoms with Crippen molar-refractivity contribution in [3.05, 3.63) is 57.0 Å². The second kappa shape index (κ2) is 9.07. The highest BCUT2D eigenvalue weighted by Crippen LogP contribution is 2.22. The third kappa shape index (κ3) is 5.62. The summed E-state index contributed by atoms with van der Waals surface area (Å²) < 4.78 is 0.980. The quantitative estimate of drug-likeness (QED) is 0.468. The summed E-state index contributed by atoms with van der Waals surface area (Å²) in [7, 11) is 0. The number of thioether (sulfide) groups is 1. The number of aryl methyl sites for hydroxylation is 1. The van der Waals surface area contributed by atoms with E-state index in [1.165, 1.54) is 16.9 Å². The molecule has 0 atom stereocenters. The minimum absolute atomic E-state index is 0.104. The molecule has 0 aliphatic carbocycles. The normalized spacial score (nSPS) is 10.8. The molecule has 3 aromatic rings. The minimum atomic E-state index is -0.104. The number of hydrogen-bond acceptors (Lipinski definition) is 7. The SMILES string of the molecule is Cc1nnc(SCCCNC(=O)c2csc(Cc3ccccc3)n2)s1. The monoisotopic (exact) mass is 390 g/mol. The van der Waals surface area contributed by atoms with Crippen LogP contribution in [-0.4, -0.2) is 33.4 Å². The molecule has 0 spiro atoms. The first-order valence-electron chi connectivity index (χ1n) is 7.90. The second-order valence-corrected chi connectivity index (χ2v) is 8.80. The molecule has 0 radical (unpaired) electrons. The molecule has 0 aliphatic rings. The van der Waals surface area contributed by atoms with Gasteiger partial charge in [0.25, 0.3) is 5.91 Å². The van der Waals surface area contributed by atoms with Gasteiger partial charge in [-0.1, -0.05) is 53.4 Å². The van der Waals surface area contributed by atoms with Crippen LogP contribution in [0.5, 0.6) is 0 Å². The molecule has 0 unspecified atom stereocenters. The topological polar surface area (TPSA) is 67.8 Å². The van der Waals surface area contributed by atoms with Gasteiger partial charge in [-0.15, -0.1) is 21.5 Å². The standard InChI is InChI=1S/C17H18N4OS3/c1-12-20-21-17(25-12)23-9-5-8-18-16(22)14-11-24-15(19-14)10-13-6-3-2-4-7-13/h2-4,6-7,11H,5,8-10H2,1H3,(H,18,22). The van der Waals surface area contributed by atoms with E-state index in [-0.39, 0.29) is 5.91 Å². The van der Waals surface area contributed by atoms with Gasteiger partial charge in [-0.2, -0.15) is 0 Å². The summed E-state index contributed by atoms with van der Waals surface area (Å²) in [6.07, 6.45) is 1.65. The number of carbonyl (C=O) groups excluding carboxylic acids is 1. The summed E-state index contributed by atoms with van der Waals surface area (Å²) in [5.41, 5.74) is 1.70. The predicted molar refractivity (Wildman–Crippen MR) is 104 cm³/mol. The molecule has 0 saturated carbocycles. The largest absolute Gasteiger partial charge is 0.351 e. The first kappa shape index (κ1) is 18.0. The maximum Gasteiger partial charge on any atom is 0.270 e. The van der Waals surface area contributed by atoms with Crippen molar-refractivity contribution in [2.24, 2.45) is 0 Å². The zero-order chi connectivity index (χ0) is 17.5. The molecular formula is C17H18N4OS3. The van der Waals surface area contributed by atoms with Crippen LogP contribution in [0, 0.1) is 6.92 Å². The number of rotatable bonds is 8. The summed E-state index contributed by atoms with van der Waals surface area (Å²) in [6, 6.07) is 10.2. The van der Waals surface area contributed by atoms with E-state index in [9.17, 15) is 4.79 Å². The molecule has 130 valence electrons. The van der Waals surface area contributed by atoms with Gasteiger partial charge < -0.3 is 5.32 Å². The van der Waals surface area contributed by atoms with E-state index >= 15 is 0 Å². The average Bonchev–Trinajstić information content (AvgIpc) is 3.24. The van der Waals surface area contributed by atoms with Crippen LogP contribution in [0.25, 0.3) is 0 Å². The van der Waals surface area contributed by atoms with Crippen LogP contribution in [0.15, 0.2) is 40.1 Å². The third-order valence-corrected chi connectivity index (χ3v) is 6.23. The fourth-order valence-corrected chi connectivity index (χ4v) is 4.76. The molecule has 0 saturated heterocycles. The van der Waals surface area contributed by atoms with Crippen molar-refractivity contribution >= 4 is 40.3 Å². The molecule has 3 rings (SSSR count). The fourth-order valence-electron chi connectivity index (χ4n) is 2.13.